The molecule has 2 amide bonds. The van der Waals surface area contributed by atoms with Gasteiger partial charge in [0.1, 0.15) is 0 Å². The number of carboxylic acids is 1. The fraction of sp³-hybridized carbons (Fsp3) is 0.429. The van der Waals surface area contributed by atoms with Crippen molar-refractivity contribution in [1.29, 1.82) is 0 Å². The second-order valence-electron chi connectivity index (χ2n) is 4.44. The van der Waals surface area contributed by atoms with Crippen molar-refractivity contribution in [2.45, 2.75) is 13.5 Å². The summed E-state index contributed by atoms with van der Waals surface area (Å²) in [6.45, 7) is 3.00. The molecule has 0 saturated carbocycles. The van der Waals surface area contributed by atoms with Crippen molar-refractivity contribution >= 4 is 12.0 Å². The van der Waals surface area contributed by atoms with Crippen molar-refractivity contribution in [2.24, 2.45) is 0 Å². The van der Waals surface area contributed by atoms with Gasteiger partial charge in [0.15, 0.2) is 0 Å². The van der Waals surface area contributed by atoms with Crippen LogP contribution >= 0.6 is 0 Å². The van der Waals surface area contributed by atoms with Crippen molar-refractivity contribution in [3.05, 3.63) is 35.4 Å². The van der Waals surface area contributed by atoms with E-state index in [1.165, 1.54) is 17.0 Å². The summed E-state index contributed by atoms with van der Waals surface area (Å²) < 4.78 is 0. The fourth-order valence-electron chi connectivity index (χ4n) is 1.85. The van der Waals surface area contributed by atoms with Crippen molar-refractivity contribution < 1.29 is 19.8 Å². The van der Waals surface area contributed by atoms with E-state index < -0.39 is 5.97 Å². The Morgan fingerprint density at radius 2 is 1.80 bits per heavy atom. The maximum atomic E-state index is 12.1. The molecule has 0 spiro atoms. The van der Waals surface area contributed by atoms with Crippen molar-refractivity contribution in [2.75, 3.05) is 26.7 Å². The van der Waals surface area contributed by atoms with Crippen LogP contribution in [-0.2, 0) is 6.54 Å². The molecule has 110 valence electrons. The number of aliphatic hydroxyl groups excluding tert-OH is 1. The van der Waals surface area contributed by atoms with Crippen LogP contribution in [0.25, 0.3) is 0 Å². The lowest BCUT2D eigenvalue weighted by Crippen LogP contribution is -2.42. The Balaban J connectivity index is 2.67. The molecule has 0 unspecified atom stereocenters. The normalized spacial score (nSPS) is 10.2. The molecule has 0 aliphatic heterocycles. The van der Waals surface area contributed by atoms with E-state index in [1.54, 1.807) is 24.1 Å². The standard InChI is InChI=1S/C14H20N2O4/c1-3-16(8-9-17)14(20)15(2)10-11-4-6-12(7-5-11)13(18)19/h4-7,17H,3,8-10H2,1-2H3,(H,18,19). The zero-order valence-electron chi connectivity index (χ0n) is 11.7. The molecule has 0 aliphatic rings. The third kappa shape index (κ3) is 4.24. The van der Waals surface area contributed by atoms with Gasteiger partial charge in [-0.1, -0.05) is 12.1 Å². The summed E-state index contributed by atoms with van der Waals surface area (Å²) >= 11 is 0. The number of rotatable bonds is 6. The molecule has 6 nitrogen and oxygen atoms in total. The zero-order chi connectivity index (χ0) is 15.1. The molecule has 6 heteroatoms. The maximum Gasteiger partial charge on any atom is 0.335 e. The number of likely N-dealkylation sites (N-methyl/N-ethyl adjacent to an activating group) is 1. The number of aromatic carboxylic acids is 1. The average Bonchev–Trinajstić information content (AvgIpc) is 2.44. The summed E-state index contributed by atoms with van der Waals surface area (Å²) in [5, 5.41) is 17.7. The van der Waals surface area contributed by atoms with Gasteiger partial charge in [-0.25, -0.2) is 9.59 Å². The summed E-state index contributed by atoms with van der Waals surface area (Å²) in [4.78, 5) is 25.9. The molecule has 1 aromatic carbocycles. The van der Waals surface area contributed by atoms with E-state index in [0.717, 1.165) is 5.56 Å². The SMILES string of the molecule is CCN(CCO)C(=O)N(C)Cc1ccc(C(=O)O)cc1. The molecular weight excluding hydrogens is 260 g/mol. The van der Waals surface area contributed by atoms with E-state index in [0.29, 0.717) is 19.6 Å². The number of aliphatic hydroxyl groups is 1. The summed E-state index contributed by atoms with van der Waals surface area (Å²) in [6.07, 6.45) is 0. The van der Waals surface area contributed by atoms with Gasteiger partial charge in [0.2, 0.25) is 0 Å². The third-order valence-corrected chi connectivity index (χ3v) is 2.97. The predicted molar refractivity (Wildman–Crippen MR) is 74.6 cm³/mol. The first-order chi connectivity index (χ1) is 9.49. The van der Waals surface area contributed by atoms with Crippen LogP contribution < -0.4 is 0 Å². The van der Waals surface area contributed by atoms with E-state index >= 15 is 0 Å². The molecule has 0 fully saturated rings. The molecule has 0 aromatic heterocycles. The van der Waals surface area contributed by atoms with E-state index in [2.05, 4.69) is 0 Å². The fourth-order valence-corrected chi connectivity index (χ4v) is 1.85. The lowest BCUT2D eigenvalue weighted by Gasteiger charge is -2.26. The number of benzene rings is 1. The highest BCUT2D eigenvalue weighted by Crippen LogP contribution is 2.08. The second kappa shape index (κ2) is 7.49. The zero-order valence-corrected chi connectivity index (χ0v) is 11.7. The van der Waals surface area contributed by atoms with Crippen LogP contribution in [0.5, 0.6) is 0 Å². The van der Waals surface area contributed by atoms with Crippen LogP contribution in [-0.4, -0.2) is 58.8 Å². The lowest BCUT2D eigenvalue weighted by atomic mass is 10.1. The number of urea groups is 1. The van der Waals surface area contributed by atoms with E-state index in [1.807, 2.05) is 6.92 Å². The highest BCUT2D eigenvalue weighted by atomic mass is 16.4. The van der Waals surface area contributed by atoms with E-state index in [9.17, 15) is 9.59 Å². The molecule has 2 N–H and O–H groups in total. The number of hydrogen-bond acceptors (Lipinski definition) is 3. The van der Waals surface area contributed by atoms with E-state index in [-0.39, 0.29) is 18.2 Å². The molecule has 0 heterocycles. The molecule has 0 atom stereocenters. The molecule has 1 aromatic rings. The molecule has 0 saturated heterocycles. The maximum absolute atomic E-state index is 12.1. The minimum absolute atomic E-state index is 0.0687. The first kappa shape index (κ1) is 16.0. The monoisotopic (exact) mass is 280 g/mol. The average molecular weight is 280 g/mol. The summed E-state index contributed by atoms with van der Waals surface area (Å²) in [5.41, 5.74) is 1.07. The first-order valence-electron chi connectivity index (χ1n) is 6.42. The number of hydrogen-bond donors (Lipinski definition) is 2. The van der Waals surface area contributed by atoms with Crippen molar-refractivity contribution in [3.8, 4) is 0 Å². The van der Waals surface area contributed by atoms with Crippen LogP contribution in [0.3, 0.4) is 0 Å². The molecular formula is C14H20N2O4. The van der Waals surface area contributed by atoms with Gasteiger partial charge in [-0.3, -0.25) is 0 Å². The van der Waals surface area contributed by atoms with Gasteiger partial charge in [0.25, 0.3) is 0 Å². The summed E-state index contributed by atoms with van der Waals surface area (Å²) in [6, 6.07) is 6.25. The van der Waals surface area contributed by atoms with Crippen LogP contribution in [0.2, 0.25) is 0 Å². The smallest absolute Gasteiger partial charge is 0.335 e. The van der Waals surface area contributed by atoms with Crippen molar-refractivity contribution in [1.82, 2.24) is 9.80 Å². The van der Waals surface area contributed by atoms with Gasteiger partial charge >= 0.3 is 12.0 Å². The van der Waals surface area contributed by atoms with Crippen molar-refractivity contribution in [3.63, 3.8) is 0 Å². The first-order valence-corrected chi connectivity index (χ1v) is 6.42. The highest BCUT2D eigenvalue weighted by molar-refractivity contribution is 5.87. The summed E-state index contributed by atoms with van der Waals surface area (Å²) in [7, 11) is 1.67. The van der Waals surface area contributed by atoms with Gasteiger partial charge in [0, 0.05) is 26.7 Å². The molecule has 20 heavy (non-hydrogen) atoms. The quantitative estimate of drug-likeness (QED) is 0.821. The molecule has 0 radical (unpaired) electrons. The Morgan fingerprint density at radius 3 is 2.25 bits per heavy atom. The third-order valence-electron chi connectivity index (χ3n) is 2.97. The highest BCUT2D eigenvalue weighted by Gasteiger charge is 2.16. The number of amides is 2. The second-order valence-corrected chi connectivity index (χ2v) is 4.44. The van der Waals surface area contributed by atoms with Gasteiger partial charge in [-0.15, -0.1) is 0 Å². The Bertz CT molecular complexity index is 459. The van der Waals surface area contributed by atoms with Crippen LogP contribution in [0.4, 0.5) is 4.79 Å². The number of nitrogens with zero attached hydrogens (tertiary/aromatic N) is 2. The minimum Gasteiger partial charge on any atom is -0.478 e. The Morgan fingerprint density at radius 1 is 1.20 bits per heavy atom. The largest absolute Gasteiger partial charge is 0.478 e. The Labute approximate surface area is 118 Å². The van der Waals surface area contributed by atoms with Crippen LogP contribution in [0.15, 0.2) is 24.3 Å². The van der Waals surface area contributed by atoms with Gasteiger partial charge in [-0.2, -0.15) is 0 Å². The molecule has 0 aliphatic carbocycles. The van der Waals surface area contributed by atoms with Crippen LogP contribution in [0, 0.1) is 0 Å². The topological polar surface area (TPSA) is 81.1 Å². The number of carbonyl (C=O) groups is 2. The lowest BCUT2D eigenvalue weighted by molar-refractivity contribution is 0.0696. The number of carbonyl (C=O) groups excluding carboxylic acids is 1. The summed E-state index contributed by atoms with van der Waals surface area (Å²) in [5.74, 6) is -0.971. The van der Waals surface area contributed by atoms with Gasteiger partial charge in [0.05, 0.1) is 12.2 Å². The van der Waals surface area contributed by atoms with Crippen LogP contribution in [0.1, 0.15) is 22.8 Å². The van der Waals surface area contributed by atoms with E-state index in [4.69, 9.17) is 10.2 Å². The Hall–Kier alpha value is -2.08. The Kier molecular flexibility index (Phi) is 5.99. The molecule has 1 rings (SSSR count). The van der Waals surface area contributed by atoms with Gasteiger partial charge < -0.3 is 20.0 Å². The van der Waals surface area contributed by atoms with Gasteiger partial charge in [-0.05, 0) is 24.6 Å². The predicted octanol–water partition coefficient (Wildman–Crippen LogP) is 1.25. The minimum atomic E-state index is -0.971. The number of carboxylic acid groups (broad SMARTS) is 1. The molecule has 0 bridgehead atoms.